The third-order valence-electron chi connectivity index (χ3n) is 10.9. The first-order chi connectivity index (χ1) is 26.7. The first-order valence-corrected chi connectivity index (χ1v) is 22.0. The molecule has 4 heterocycles. The zero-order valence-electron chi connectivity index (χ0n) is 32.7. The van der Waals surface area contributed by atoms with E-state index in [1.807, 2.05) is 32.0 Å². The summed E-state index contributed by atoms with van der Waals surface area (Å²) in [6.07, 6.45) is 4.55. The van der Waals surface area contributed by atoms with E-state index in [0.717, 1.165) is 91.4 Å². The van der Waals surface area contributed by atoms with Crippen LogP contribution in [0.5, 0.6) is 0 Å². The number of methoxy groups -OCH3 is 1. The number of carbonyl (C=O) groups excluding carboxylic acids is 2. The number of H-pyrrole nitrogens is 2. The molecule has 56 heavy (non-hydrogen) atoms. The molecule has 1 unspecified atom stereocenters. The number of hydrogen-bond donors (Lipinski definition) is 5. The lowest BCUT2D eigenvalue weighted by Gasteiger charge is -2.29. The van der Waals surface area contributed by atoms with Crippen LogP contribution in [0.15, 0.2) is 42.5 Å². The van der Waals surface area contributed by atoms with Gasteiger partial charge in [-0.1, -0.05) is 45.9 Å². The summed E-state index contributed by atoms with van der Waals surface area (Å²) in [7, 11) is -2.20. The van der Waals surface area contributed by atoms with Gasteiger partial charge in [-0.2, -0.15) is 0 Å². The maximum Gasteiger partial charge on any atom is 0.407 e. The molecule has 0 radical (unpaired) electrons. The maximum absolute atomic E-state index is 13.7. The number of sulfonamides is 1. The lowest BCUT2D eigenvalue weighted by atomic mass is 9.89. The second-order valence-electron chi connectivity index (χ2n) is 15.6. The van der Waals surface area contributed by atoms with Crippen LogP contribution >= 0.6 is 11.3 Å². The van der Waals surface area contributed by atoms with Gasteiger partial charge in [0.15, 0.2) is 0 Å². The predicted octanol–water partition coefficient (Wildman–Crippen LogP) is 6.70. The molecule has 0 spiro atoms. The summed E-state index contributed by atoms with van der Waals surface area (Å²) in [5, 5.41) is 5.99. The highest BCUT2D eigenvalue weighted by atomic mass is 32.2. The summed E-state index contributed by atoms with van der Waals surface area (Å²) in [4.78, 5) is 49.7. The normalized spacial score (nSPS) is 16.8. The fraction of sp³-hybridized carbons (Fsp3) is 0.475. The maximum atomic E-state index is 13.7. The number of rotatable bonds is 14. The number of benzene rings is 3. The minimum atomic E-state index is -3.58. The van der Waals surface area contributed by atoms with Crippen LogP contribution in [0, 0.1) is 11.8 Å². The van der Waals surface area contributed by atoms with Gasteiger partial charge in [0.1, 0.15) is 22.7 Å². The zero-order chi connectivity index (χ0) is 39.9. The topological polar surface area (TPSA) is 201 Å². The number of thiazole rings is 1. The van der Waals surface area contributed by atoms with E-state index in [0.29, 0.717) is 25.3 Å². The number of nitrogens with zero attached hydrogens (tertiary/aromatic N) is 4. The Bertz CT molecular complexity index is 2510. The first kappa shape index (κ1) is 39.6. The monoisotopic (exact) mass is 801 g/mol. The van der Waals surface area contributed by atoms with Crippen LogP contribution < -0.4 is 15.8 Å². The Hall–Kier alpha value is -4.64. The third-order valence-corrected chi connectivity index (χ3v) is 12.7. The average molecular weight is 802 g/mol. The van der Waals surface area contributed by atoms with Crippen molar-refractivity contribution in [1.29, 1.82) is 0 Å². The Kier molecular flexibility index (Phi) is 11.4. The van der Waals surface area contributed by atoms with Crippen LogP contribution in [0.2, 0.25) is 0 Å². The van der Waals surface area contributed by atoms with Gasteiger partial charge in [-0.25, -0.2) is 32.9 Å². The molecule has 1 aliphatic heterocycles. The molecule has 7 rings (SSSR count). The van der Waals surface area contributed by atoms with Crippen molar-refractivity contribution in [3.8, 4) is 10.6 Å². The van der Waals surface area contributed by atoms with Gasteiger partial charge in [-0.15, -0.1) is 11.3 Å². The Labute approximate surface area is 330 Å². The number of amides is 2. The van der Waals surface area contributed by atoms with Gasteiger partial charge in [0.05, 0.1) is 51.7 Å². The molecule has 3 aromatic carbocycles. The van der Waals surface area contributed by atoms with E-state index in [1.54, 1.807) is 16.2 Å². The molecule has 6 aromatic rings. The smallest absolute Gasteiger partial charge is 0.407 e. The quantitative estimate of drug-likeness (QED) is 0.0795. The number of likely N-dealkylation sites (tertiary alicyclic amines) is 1. The zero-order valence-corrected chi connectivity index (χ0v) is 34.3. The van der Waals surface area contributed by atoms with Crippen molar-refractivity contribution in [3.63, 3.8) is 0 Å². The van der Waals surface area contributed by atoms with Crippen LogP contribution in [0.3, 0.4) is 0 Å². The standard InChI is InChI=1S/C40H51N9O5S2/c1-21(2)30(45-40(51)54-5)20-24(9-7-17-41)36-42-27-14-12-23-19-25(11-13-26(23)33(27)46-36)38-44-29-16-15-28-34(35(29)55-38)47-37(43-28)31-10-8-18-49(31)39(50)32(22(3)4)48-56(6,52)53/h11-16,19,21-22,24,30-32,48H,7-10,17-18,20,41H2,1-6H3,(H,42,46)(H,43,47)(H,45,51)/t24?,30-,31+,32+/m1/s1. The highest BCUT2D eigenvalue weighted by molar-refractivity contribution is 7.88. The second kappa shape index (κ2) is 16.1. The van der Waals surface area contributed by atoms with E-state index in [4.69, 9.17) is 25.4 Å². The van der Waals surface area contributed by atoms with Crippen molar-refractivity contribution in [1.82, 2.24) is 39.9 Å². The number of alkyl carbamates (subject to hydrolysis) is 1. The lowest BCUT2D eigenvalue weighted by Crippen LogP contribution is -2.50. The molecule has 0 bridgehead atoms. The molecule has 1 aliphatic rings. The highest BCUT2D eigenvalue weighted by Crippen LogP contribution is 2.39. The van der Waals surface area contributed by atoms with Crippen molar-refractivity contribution >= 4 is 76.4 Å². The van der Waals surface area contributed by atoms with Gasteiger partial charge in [-0.3, -0.25) is 4.79 Å². The Balaban J connectivity index is 1.17. The number of aromatic nitrogens is 5. The molecule has 298 valence electrons. The molecule has 1 fully saturated rings. The number of hydrogen-bond acceptors (Lipinski definition) is 10. The predicted molar refractivity (Wildman–Crippen MR) is 222 cm³/mol. The van der Waals surface area contributed by atoms with Gasteiger partial charge >= 0.3 is 6.09 Å². The van der Waals surface area contributed by atoms with E-state index in [1.165, 1.54) is 7.11 Å². The minimum Gasteiger partial charge on any atom is -0.453 e. The van der Waals surface area contributed by atoms with Gasteiger partial charge in [0.25, 0.3) is 0 Å². The molecule has 3 aromatic heterocycles. The summed E-state index contributed by atoms with van der Waals surface area (Å²) < 4.78 is 32.6. The van der Waals surface area contributed by atoms with Crippen molar-refractivity contribution in [3.05, 3.63) is 54.1 Å². The van der Waals surface area contributed by atoms with E-state index < -0.39 is 22.2 Å². The van der Waals surface area contributed by atoms with E-state index in [2.05, 4.69) is 58.1 Å². The van der Waals surface area contributed by atoms with Gasteiger partial charge in [-0.05, 0) is 80.1 Å². The summed E-state index contributed by atoms with van der Waals surface area (Å²) >= 11 is 1.59. The highest BCUT2D eigenvalue weighted by Gasteiger charge is 2.38. The van der Waals surface area contributed by atoms with Crippen LogP contribution in [0.4, 0.5) is 4.79 Å². The van der Waals surface area contributed by atoms with E-state index in [-0.39, 0.29) is 35.7 Å². The van der Waals surface area contributed by atoms with Gasteiger partial charge in [0, 0.05) is 29.5 Å². The molecule has 0 aliphatic carbocycles. The Morgan fingerprint density at radius 1 is 1.00 bits per heavy atom. The molecule has 14 nitrogen and oxygen atoms in total. The summed E-state index contributed by atoms with van der Waals surface area (Å²) in [5.41, 5.74) is 11.3. The van der Waals surface area contributed by atoms with Crippen molar-refractivity contribution in [2.45, 2.75) is 83.8 Å². The Morgan fingerprint density at radius 2 is 1.75 bits per heavy atom. The minimum absolute atomic E-state index is 0.0680. The van der Waals surface area contributed by atoms with Gasteiger partial charge < -0.3 is 30.7 Å². The first-order valence-electron chi connectivity index (χ1n) is 19.3. The van der Waals surface area contributed by atoms with Crippen molar-refractivity contribution in [2.24, 2.45) is 17.6 Å². The second-order valence-corrected chi connectivity index (χ2v) is 18.4. The number of carbonyl (C=O) groups is 2. The third kappa shape index (κ3) is 8.10. The molecule has 4 atom stereocenters. The van der Waals surface area contributed by atoms with Crippen molar-refractivity contribution in [2.75, 3.05) is 26.5 Å². The summed E-state index contributed by atoms with van der Waals surface area (Å²) in [5.74, 6) is 1.39. The average Bonchev–Trinajstić information content (AvgIpc) is 3.98. The number of ether oxygens (including phenoxy) is 1. The number of nitrogens with one attached hydrogen (secondary N) is 4. The number of aromatic amines is 2. The van der Waals surface area contributed by atoms with Crippen molar-refractivity contribution < 1.29 is 22.7 Å². The fourth-order valence-electron chi connectivity index (χ4n) is 7.86. The van der Waals surface area contributed by atoms with Crippen LogP contribution in [0.25, 0.3) is 53.6 Å². The fourth-order valence-corrected chi connectivity index (χ4v) is 9.75. The van der Waals surface area contributed by atoms with Crippen LogP contribution in [-0.2, 0) is 19.6 Å². The molecule has 6 N–H and O–H groups in total. The lowest BCUT2D eigenvalue weighted by molar-refractivity contribution is -0.135. The van der Waals surface area contributed by atoms with E-state index >= 15 is 0 Å². The van der Waals surface area contributed by atoms with Crippen LogP contribution in [-0.4, -0.2) is 88.8 Å². The molecule has 2 amide bonds. The summed E-state index contributed by atoms with van der Waals surface area (Å²) in [6.45, 7) is 8.97. The molecular formula is C40H51N9O5S2. The van der Waals surface area contributed by atoms with Crippen LogP contribution in [0.1, 0.15) is 83.4 Å². The van der Waals surface area contributed by atoms with E-state index in [9.17, 15) is 18.0 Å². The molecular weight excluding hydrogens is 751 g/mol. The number of fused-ring (bicyclic) bond motifs is 6. The number of nitrogens with two attached hydrogens (primary N) is 1. The SMILES string of the molecule is COC(=O)N[C@H](CC(CCCN)c1nc2ccc3cc(-c4nc5ccc6nc([C@@H]7CCCN7C(=O)[C@@H](NS(C)(=O)=O)C(C)C)[nH]c6c5s4)ccc3c2[nH]1)C(C)C. The largest absolute Gasteiger partial charge is 0.453 e. The summed E-state index contributed by atoms with van der Waals surface area (Å²) in [6, 6.07) is 13.2. The van der Waals surface area contributed by atoms with Gasteiger partial charge in [0.2, 0.25) is 15.9 Å². The number of imidazole rings is 2. The molecule has 16 heteroatoms. The molecule has 1 saturated heterocycles. The Morgan fingerprint density at radius 3 is 2.46 bits per heavy atom. The molecule has 0 saturated carbocycles.